The summed E-state index contributed by atoms with van der Waals surface area (Å²) in [5.74, 6) is -2.16. The Balaban J connectivity index is 0.000000114. The Morgan fingerprint density at radius 1 is 0.293 bits per heavy atom. The fourth-order valence-electron chi connectivity index (χ4n) is 13.8. The van der Waals surface area contributed by atoms with Crippen LogP contribution in [-0.2, 0) is 55.8 Å². The van der Waals surface area contributed by atoms with E-state index in [-0.39, 0.29) is 107 Å². The van der Waals surface area contributed by atoms with Gasteiger partial charge in [-0.1, -0.05) is 84.4 Å². The Morgan fingerprint density at radius 2 is 0.577 bits per heavy atom. The predicted octanol–water partition coefficient (Wildman–Crippen LogP) is 20.0. The summed E-state index contributed by atoms with van der Waals surface area (Å²) >= 11 is 35.8. The zero-order valence-electron chi connectivity index (χ0n) is 62.4. The van der Waals surface area contributed by atoms with Crippen LogP contribution in [-0.4, -0.2) is 79.7 Å². The van der Waals surface area contributed by atoms with Crippen molar-refractivity contribution in [2.45, 2.75) is 62.6 Å². The van der Waals surface area contributed by atoms with E-state index in [1.165, 1.54) is 55.6 Å². The van der Waals surface area contributed by atoms with Gasteiger partial charge in [0.2, 0.25) is 26.4 Å². The van der Waals surface area contributed by atoms with Gasteiger partial charge < -0.3 is 45.8 Å². The number of hydrogen-bond donors (Lipinski definition) is 0. The highest BCUT2D eigenvalue weighted by molar-refractivity contribution is 6.31. The van der Waals surface area contributed by atoms with Gasteiger partial charge in [-0.2, -0.15) is 10.5 Å². The maximum Gasteiger partial charge on any atom is 0.343 e. The van der Waals surface area contributed by atoms with Crippen molar-refractivity contribution in [1.82, 2.24) is 49.8 Å². The molecule has 0 N–H and O–H groups in total. The summed E-state index contributed by atoms with van der Waals surface area (Å²) in [6, 6.07) is 52.3. The molecule has 5 aromatic carbocycles. The van der Waals surface area contributed by atoms with E-state index in [0.29, 0.717) is 104 Å². The fraction of sp³-hybridized carbons (Fsp3) is 0.115. The summed E-state index contributed by atoms with van der Waals surface area (Å²) in [4.78, 5) is 103. The number of carbonyl (C=O) groups excluding carboxylic acids is 5. The first-order chi connectivity index (χ1) is 59.6. The van der Waals surface area contributed by atoms with E-state index in [1.54, 1.807) is 103 Å². The number of halogens is 9. The molecule has 610 valence electrons. The lowest BCUT2D eigenvalue weighted by Gasteiger charge is -2.11. The second-order valence-electron chi connectivity index (χ2n) is 26.9. The third kappa shape index (κ3) is 17.9. The highest BCUT2D eigenvalue weighted by Gasteiger charge is 2.43. The van der Waals surface area contributed by atoms with Crippen molar-refractivity contribution in [2.75, 3.05) is 0 Å². The molecule has 5 unspecified atom stereocenters. The van der Waals surface area contributed by atoms with Crippen LogP contribution in [0.1, 0.15) is 150 Å². The van der Waals surface area contributed by atoms with E-state index in [1.807, 2.05) is 48.5 Å². The van der Waals surface area contributed by atoms with Crippen molar-refractivity contribution in [1.29, 1.82) is 10.5 Å². The summed E-state index contributed by atoms with van der Waals surface area (Å²) in [5.41, 5.74) is 8.30. The van der Waals surface area contributed by atoms with Crippen molar-refractivity contribution >= 4 is 99.5 Å². The molecular formula is C87H49Cl6F3N12O15. The number of aromatic nitrogens is 10. The van der Waals surface area contributed by atoms with Crippen LogP contribution in [0.5, 0.6) is 0 Å². The van der Waals surface area contributed by atoms with Crippen LogP contribution < -0.4 is 0 Å². The quantitative estimate of drug-likeness (QED) is 0.0522. The molecule has 0 saturated carbocycles. The molecule has 0 fully saturated rings. The van der Waals surface area contributed by atoms with Crippen LogP contribution in [0, 0.1) is 40.1 Å². The highest BCUT2D eigenvalue weighted by Crippen LogP contribution is 2.45. The van der Waals surface area contributed by atoms with Crippen LogP contribution in [0.2, 0.25) is 31.4 Å². The fourth-order valence-corrected chi connectivity index (χ4v) is 14.8. The van der Waals surface area contributed by atoms with Crippen molar-refractivity contribution in [3.63, 3.8) is 0 Å². The lowest BCUT2D eigenvalue weighted by molar-refractivity contribution is 0.0371. The van der Waals surface area contributed by atoms with Gasteiger partial charge in [-0.25, -0.2) is 87.0 Å². The van der Waals surface area contributed by atoms with Crippen LogP contribution >= 0.6 is 69.6 Å². The Kier molecular flexibility index (Phi) is 24.1. The summed E-state index contributed by atoms with van der Waals surface area (Å²) in [6.07, 6.45) is 5.31. The number of esters is 5. The maximum absolute atomic E-state index is 14.2. The third-order valence-corrected chi connectivity index (χ3v) is 20.3. The first-order valence-electron chi connectivity index (χ1n) is 36.6. The second kappa shape index (κ2) is 36.0. The normalized spacial score (nSPS) is 15.8. The first-order valence-corrected chi connectivity index (χ1v) is 38.9. The van der Waals surface area contributed by atoms with Gasteiger partial charge in [0.1, 0.15) is 133 Å². The van der Waals surface area contributed by atoms with Gasteiger partial charge in [-0.05, 0) is 189 Å². The van der Waals surface area contributed by atoms with Crippen LogP contribution in [0.15, 0.2) is 229 Å². The zero-order valence-corrected chi connectivity index (χ0v) is 67.0. The number of ether oxygens (including phenoxy) is 5. The van der Waals surface area contributed by atoms with E-state index in [0.717, 1.165) is 17.2 Å². The van der Waals surface area contributed by atoms with Gasteiger partial charge in [-0.15, -0.1) is 0 Å². The number of benzene rings is 5. The molecule has 0 aliphatic carbocycles. The number of furan rings is 5. The number of hydrogen-bond acceptors (Lipinski definition) is 27. The molecule has 27 nitrogen and oxygen atoms in total. The molecule has 0 amide bonds. The van der Waals surface area contributed by atoms with E-state index < -0.39 is 72.0 Å². The van der Waals surface area contributed by atoms with Gasteiger partial charge >= 0.3 is 29.8 Å². The molecule has 123 heavy (non-hydrogen) atoms. The monoisotopic (exact) mass is 1770 g/mol. The molecule has 5 atom stereocenters. The molecule has 5 aliphatic heterocycles. The van der Waals surface area contributed by atoms with Crippen molar-refractivity contribution < 1.29 is 82.9 Å². The van der Waals surface area contributed by atoms with E-state index in [2.05, 4.69) is 55.9 Å². The number of cyclic esters (lactones) is 5. The molecule has 20 rings (SSSR count). The minimum absolute atomic E-state index is 0.0216. The lowest BCUT2D eigenvalue weighted by atomic mass is 10.0. The smallest absolute Gasteiger partial charge is 0.343 e. The van der Waals surface area contributed by atoms with Crippen LogP contribution in [0.4, 0.5) is 13.2 Å². The molecule has 0 bridgehead atoms. The largest absolute Gasteiger partial charge is 0.463 e. The van der Waals surface area contributed by atoms with Crippen molar-refractivity contribution in [3.8, 4) is 69.4 Å². The van der Waals surface area contributed by atoms with Gasteiger partial charge in [-0.3, -0.25) is 0 Å². The molecule has 15 heterocycles. The Hall–Kier alpha value is -14.2. The average Bonchev–Trinajstić information content (AvgIpc) is 1.65. The number of rotatable bonds is 15. The predicted molar refractivity (Wildman–Crippen MR) is 430 cm³/mol. The Morgan fingerprint density at radius 3 is 0.878 bits per heavy atom. The second-order valence-corrected chi connectivity index (χ2v) is 29.1. The molecule has 0 spiro atoms. The SMILES string of the molecule is N#Cc1ccc(CC2OC(=O)c3c(-c4ccco4)nc(Cl)nc32)c(F)c1.N#Cc1ccc(CC2OC(=O)c3c(-c4ccco4)nc(Cl)nc32)cc1.O=C1OC(Cc2ccc(Cl)cc2F)c2nc(Cl)nc(-c3ccco3)c21.O=C1OC(Cc2ccccc2)c2nc(Cl)nc(-c3ccco3)c21.O=C1OC(Cc2ccccc2F)c2nc(Cl)nc(-c3ccco3)c21. The summed E-state index contributed by atoms with van der Waals surface area (Å²) in [7, 11) is 0. The summed E-state index contributed by atoms with van der Waals surface area (Å²) < 4.78 is 95.8. The number of nitriles is 2. The van der Waals surface area contributed by atoms with Crippen LogP contribution in [0.3, 0.4) is 0 Å². The van der Waals surface area contributed by atoms with Gasteiger partial charge in [0, 0.05) is 37.1 Å². The summed E-state index contributed by atoms with van der Waals surface area (Å²) in [6.45, 7) is 0. The van der Waals surface area contributed by atoms with Gasteiger partial charge in [0.15, 0.2) is 28.8 Å². The first kappa shape index (κ1) is 82.5. The molecule has 15 aromatic rings. The average molecular weight is 1770 g/mol. The molecular weight excluding hydrogens is 1720 g/mol. The maximum atomic E-state index is 14.2. The zero-order chi connectivity index (χ0) is 85.7. The number of nitrogens with zero attached hydrogens (tertiary/aromatic N) is 12. The van der Waals surface area contributed by atoms with Crippen molar-refractivity contribution in [3.05, 3.63) is 351 Å². The molecule has 10 aromatic heterocycles. The topological polar surface area (TPSA) is 374 Å². The molecule has 0 saturated heterocycles. The molecule has 0 radical (unpaired) electrons. The number of carbonyl (C=O) groups is 5. The lowest BCUT2D eigenvalue weighted by Crippen LogP contribution is -2.06. The van der Waals surface area contributed by atoms with E-state index in [9.17, 15) is 37.1 Å². The molecule has 36 heteroatoms. The standard InChI is InChI=1S/C18H9ClFN3O3.C18H10ClN3O3.C17H9Cl2FN2O3.C17H10ClFN2O3.C17H11ClN2O3/c19-18-22-15(12-2-1-5-25-12)14-16(23-18)13(26-17(14)24)7-10-4-3-9(8-21)6-11(10)20;19-18-21-15(12-2-1-7-24-12)14-16(22-18)13(25-17(14)23)8-10-3-5-11(9-20)6-4-10;18-9-4-3-8(10(20)7-9)6-12-15-13(16(23)25-12)14(21-17(19)22-15)11-2-1-5-24-11;18-17-20-14(11-6-3-7-23-11)13-15(21-17)12(24-16(13)22)8-9-4-1-2-5-10(9)19;18-17-19-14(11-7-4-8-22-11)13-15(20-17)12(23-16(13)21)9-10-5-2-1-3-6-10/h1-6,13H,7H2;1-7,13H,8H2;1-5,7,12H,6H2;1-7,12H,8H2;1-8,12H,9H2. The highest BCUT2D eigenvalue weighted by atomic mass is 35.5. The Bertz CT molecular complexity index is 6670. The van der Waals surface area contributed by atoms with E-state index in [4.69, 9.17) is 126 Å². The van der Waals surface area contributed by atoms with Crippen molar-refractivity contribution in [2.24, 2.45) is 0 Å². The summed E-state index contributed by atoms with van der Waals surface area (Å²) in [5, 5.41) is 17.9. The Labute approximate surface area is 721 Å². The van der Waals surface area contributed by atoms with Gasteiger partial charge in [0.25, 0.3) is 0 Å². The number of fused-ring (bicyclic) bond motifs is 5. The minimum Gasteiger partial charge on any atom is -0.463 e. The third-order valence-electron chi connectivity index (χ3n) is 19.3. The minimum atomic E-state index is -0.811. The molecule has 5 aliphatic rings. The van der Waals surface area contributed by atoms with Crippen LogP contribution in [0.25, 0.3) is 57.3 Å². The van der Waals surface area contributed by atoms with E-state index >= 15 is 0 Å². The van der Waals surface area contributed by atoms with Gasteiger partial charge in [0.05, 0.1) is 54.6 Å².